The molecule has 0 aliphatic carbocycles. The number of carbonyl (C=O) groups is 1. The zero-order chi connectivity index (χ0) is 15.6. The van der Waals surface area contributed by atoms with Crippen LogP contribution in [-0.4, -0.2) is 19.5 Å². The molecule has 0 unspecified atom stereocenters. The average Bonchev–Trinajstić information content (AvgIpc) is 2.41. The van der Waals surface area contributed by atoms with E-state index in [1.54, 1.807) is 12.1 Å². The summed E-state index contributed by atoms with van der Waals surface area (Å²) >= 11 is 9.11. The molecule has 0 aliphatic rings. The maximum absolute atomic E-state index is 12.2. The topological polar surface area (TPSA) is 83.5 Å². The number of aromatic carboxylic acids is 1. The zero-order valence-corrected chi connectivity index (χ0v) is 13.5. The Morgan fingerprint density at radius 1 is 1.14 bits per heavy atom. The molecule has 0 radical (unpaired) electrons. The Kier molecular flexibility index (Phi) is 4.55. The van der Waals surface area contributed by atoms with E-state index in [9.17, 15) is 13.2 Å². The van der Waals surface area contributed by atoms with Gasteiger partial charge in [0.25, 0.3) is 10.0 Å². The quantitative estimate of drug-likeness (QED) is 0.835. The Morgan fingerprint density at radius 3 is 2.33 bits per heavy atom. The summed E-state index contributed by atoms with van der Waals surface area (Å²) in [7, 11) is -3.84. The molecule has 2 aromatic rings. The number of halogens is 2. The van der Waals surface area contributed by atoms with E-state index in [1.807, 2.05) is 0 Å². The molecule has 2 N–H and O–H groups in total. The molecule has 0 atom stereocenters. The second kappa shape index (κ2) is 6.05. The second-order valence-corrected chi connectivity index (χ2v) is 7.06. The molecule has 0 aliphatic heterocycles. The fraction of sp³-hybridized carbons (Fsp3) is 0. The molecule has 0 amide bonds. The average molecular weight is 391 g/mol. The van der Waals surface area contributed by atoms with Gasteiger partial charge in [-0.05, 0) is 42.5 Å². The second-order valence-electron chi connectivity index (χ2n) is 4.06. The SMILES string of the molecule is O=C(O)c1ccc(Cl)c(NS(=O)(=O)c2ccc(Br)cc2)c1. The lowest BCUT2D eigenvalue weighted by Gasteiger charge is -2.10. The molecular weight excluding hydrogens is 382 g/mol. The summed E-state index contributed by atoms with van der Waals surface area (Å²) in [5.74, 6) is -1.17. The molecule has 0 aromatic heterocycles. The summed E-state index contributed by atoms with van der Waals surface area (Å²) in [4.78, 5) is 11.0. The van der Waals surface area contributed by atoms with E-state index in [4.69, 9.17) is 16.7 Å². The number of anilines is 1. The number of benzene rings is 2. The third-order valence-corrected chi connectivity index (χ3v) is 4.82. The Balaban J connectivity index is 2.38. The number of carboxylic acid groups (broad SMARTS) is 1. The van der Waals surface area contributed by atoms with Crippen molar-refractivity contribution in [3.05, 3.63) is 57.5 Å². The first-order chi connectivity index (χ1) is 9.79. The minimum atomic E-state index is -3.84. The first-order valence-corrected chi connectivity index (χ1v) is 8.26. The number of hydrogen-bond acceptors (Lipinski definition) is 3. The fourth-order valence-corrected chi connectivity index (χ4v) is 3.11. The summed E-state index contributed by atoms with van der Waals surface area (Å²) in [6.07, 6.45) is 0. The standard InChI is InChI=1S/C13H9BrClNO4S/c14-9-2-4-10(5-3-9)21(19,20)16-12-7-8(13(17)18)1-6-11(12)15/h1-7,16H,(H,17,18). The lowest BCUT2D eigenvalue weighted by Crippen LogP contribution is -2.13. The monoisotopic (exact) mass is 389 g/mol. The van der Waals surface area contributed by atoms with Crippen LogP contribution in [0.4, 0.5) is 5.69 Å². The van der Waals surface area contributed by atoms with Gasteiger partial charge in [-0.1, -0.05) is 27.5 Å². The normalized spacial score (nSPS) is 11.1. The van der Waals surface area contributed by atoms with Gasteiger partial charge in [0.15, 0.2) is 0 Å². The molecule has 110 valence electrons. The van der Waals surface area contributed by atoms with Crippen LogP contribution in [0.3, 0.4) is 0 Å². The van der Waals surface area contributed by atoms with E-state index in [1.165, 1.54) is 30.3 Å². The maximum atomic E-state index is 12.2. The number of rotatable bonds is 4. The highest BCUT2D eigenvalue weighted by Crippen LogP contribution is 2.26. The molecular formula is C13H9BrClNO4S. The minimum absolute atomic E-state index is 0.0134. The van der Waals surface area contributed by atoms with Gasteiger partial charge in [0, 0.05) is 4.47 Å². The van der Waals surface area contributed by atoms with Crippen molar-refractivity contribution >= 4 is 49.2 Å². The van der Waals surface area contributed by atoms with Crippen molar-refractivity contribution < 1.29 is 18.3 Å². The predicted octanol–water partition coefficient (Wildman–Crippen LogP) is 3.60. The zero-order valence-electron chi connectivity index (χ0n) is 10.4. The first-order valence-electron chi connectivity index (χ1n) is 5.61. The number of nitrogens with one attached hydrogen (secondary N) is 1. The maximum Gasteiger partial charge on any atom is 0.335 e. The van der Waals surface area contributed by atoms with Gasteiger partial charge in [-0.3, -0.25) is 4.72 Å². The van der Waals surface area contributed by atoms with Gasteiger partial charge >= 0.3 is 5.97 Å². The largest absolute Gasteiger partial charge is 0.478 e. The van der Waals surface area contributed by atoms with Crippen molar-refractivity contribution in [2.24, 2.45) is 0 Å². The van der Waals surface area contributed by atoms with Crippen molar-refractivity contribution in [1.29, 1.82) is 0 Å². The van der Waals surface area contributed by atoms with Gasteiger partial charge in [-0.15, -0.1) is 0 Å². The van der Waals surface area contributed by atoms with Gasteiger partial charge < -0.3 is 5.11 Å². The Morgan fingerprint density at radius 2 is 1.76 bits per heavy atom. The van der Waals surface area contributed by atoms with Gasteiger partial charge in [0.05, 0.1) is 21.2 Å². The molecule has 0 heterocycles. The summed E-state index contributed by atoms with van der Waals surface area (Å²) < 4.78 is 27.4. The molecule has 0 bridgehead atoms. The van der Waals surface area contributed by atoms with E-state index < -0.39 is 16.0 Å². The molecule has 0 fully saturated rings. The summed E-state index contributed by atoms with van der Waals surface area (Å²) in [6, 6.07) is 9.80. The van der Waals surface area contributed by atoms with E-state index in [0.717, 1.165) is 4.47 Å². The molecule has 8 heteroatoms. The van der Waals surface area contributed by atoms with Crippen LogP contribution >= 0.6 is 27.5 Å². The highest BCUT2D eigenvalue weighted by atomic mass is 79.9. The lowest BCUT2D eigenvalue weighted by atomic mass is 10.2. The summed E-state index contributed by atoms with van der Waals surface area (Å²) in [5, 5.41) is 9.03. The number of carboxylic acids is 1. The van der Waals surface area contributed by atoms with Crippen LogP contribution < -0.4 is 4.72 Å². The molecule has 2 aromatic carbocycles. The third kappa shape index (κ3) is 3.75. The van der Waals surface area contributed by atoms with E-state index in [2.05, 4.69) is 20.7 Å². The Bertz CT molecular complexity index is 790. The molecule has 21 heavy (non-hydrogen) atoms. The molecule has 0 spiro atoms. The van der Waals surface area contributed by atoms with Gasteiger partial charge in [0.1, 0.15) is 0 Å². The van der Waals surface area contributed by atoms with Crippen molar-refractivity contribution in [2.45, 2.75) is 4.90 Å². The van der Waals surface area contributed by atoms with E-state index in [-0.39, 0.29) is 21.2 Å². The van der Waals surface area contributed by atoms with Gasteiger partial charge in [-0.25, -0.2) is 13.2 Å². The van der Waals surface area contributed by atoms with Crippen molar-refractivity contribution in [2.75, 3.05) is 4.72 Å². The van der Waals surface area contributed by atoms with E-state index in [0.29, 0.717) is 0 Å². The van der Waals surface area contributed by atoms with Crippen molar-refractivity contribution in [3.8, 4) is 0 Å². The van der Waals surface area contributed by atoms with Gasteiger partial charge in [-0.2, -0.15) is 0 Å². The highest BCUT2D eigenvalue weighted by Gasteiger charge is 2.17. The Labute approximate surface area is 134 Å². The van der Waals surface area contributed by atoms with Crippen molar-refractivity contribution in [3.63, 3.8) is 0 Å². The number of sulfonamides is 1. The number of hydrogen-bond donors (Lipinski definition) is 2. The smallest absolute Gasteiger partial charge is 0.335 e. The summed E-state index contributed by atoms with van der Waals surface area (Å²) in [5.41, 5.74) is -0.0487. The van der Waals surface area contributed by atoms with Crippen LogP contribution in [0.1, 0.15) is 10.4 Å². The van der Waals surface area contributed by atoms with Crippen LogP contribution in [0, 0.1) is 0 Å². The minimum Gasteiger partial charge on any atom is -0.478 e. The molecule has 5 nitrogen and oxygen atoms in total. The molecule has 0 saturated heterocycles. The van der Waals surface area contributed by atoms with Crippen molar-refractivity contribution in [1.82, 2.24) is 0 Å². The molecule has 2 rings (SSSR count). The first kappa shape index (κ1) is 15.8. The Hall–Kier alpha value is -1.57. The van der Waals surface area contributed by atoms with Crippen LogP contribution in [-0.2, 0) is 10.0 Å². The van der Waals surface area contributed by atoms with Crippen LogP contribution in [0.25, 0.3) is 0 Å². The van der Waals surface area contributed by atoms with E-state index >= 15 is 0 Å². The molecule has 0 saturated carbocycles. The third-order valence-electron chi connectivity index (χ3n) is 2.58. The summed E-state index contributed by atoms with van der Waals surface area (Å²) in [6.45, 7) is 0. The predicted molar refractivity (Wildman–Crippen MR) is 83.4 cm³/mol. The lowest BCUT2D eigenvalue weighted by molar-refractivity contribution is 0.0697. The van der Waals surface area contributed by atoms with Gasteiger partial charge in [0.2, 0.25) is 0 Å². The van der Waals surface area contributed by atoms with Crippen LogP contribution in [0.5, 0.6) is 0 Å². The fourth-order valence-electron chi connectivity index (χ4n) is 1.55. The van der Waals surface area contributed by atoms with Crippen LogP contribution in [0.15, 0.2) is 51.8 Å². The highest BCUT2D eigenvalue weighted by molar-refractivity contribution is 9.10. The van der Waals surface area contributed by atoms with Crippen LogP contribution in [0.2, 0.25) is 5.02 Å².